The van der Waals surface area contributed by atoms with Gasteiger partial charge in [0.05, 0.1) is 0 Å². The highest BCUT2D eigenvalue weighted by molar-refractivity contribution is 5.43. The largest absolute Gasteiger partial charge is 0.508 e. The second kappa shape index (κ2) is 7.08. The van der Waals surface area contributed by atoms with Gasteiger partial charge in [-0.2, -0.15) is 0 Å². The van der Waals surface area contributed by atoms with Gasteiger partial charge >= 0.3 is 0 Å². The fourth-order valence-corrected chi connectivity index (χ4v) is 2.23. The third kappa shape index (κ3) is 5.63. The standard InChI is InChI=1S/C11H16O.C10H14O/c1-8-6-5-7-9(10(8)12)11(2,3)4;1-10(2,3)8-4-6-9(11)7-5-8/h5-7,12H,1-4H3;4-7,11H,1-3H3. The van der Waals surface area contributed by atoms with Crippen LogP contribution in [-0.4, -0.2) is 10.2 Å². The van der Waals surface area contributed by atoms with Gasteiger partial charge in [0.2, 0.25) is 0 Å². The zero-order valence-electron chi connectivity index (χ0n) is 15.4. The molecule has 0 amide bonds. The molecule has 0 aliphatic carbocycles. The number of aryl methyl sites for hydroxylation is 1. The van der Waals surface area contributed by atoms with E-state index in [-0.39, 0.29) is 10.8 Å². The Morgan fingerprint density at radius 3 is 1.61 bits per heavy atom. The average molecular weight is 314 g/mol. The maximum Gasteiger partial charge on any atom is 0.122 e. The molecule has 0 atom stereocenters. The normalized spacial score (nSPS) is 11.6. The van der Waals surface area contributed by atoms with E-state index in [1.165, 1.54) is 5.56 Å². The van der Waals surface area contributed by atoms with Crippen molar-refractivity contribution >= 4 is 0 Å². The minimum absolute atomic E-state index is 0.0239. The summed E-state index contributed by atoms with van der Waals surface area (Å²) >= 11 is 0. The highest BCUT2D eigenvalue weighted by Crippen LogP contribution is 2.32. The van der Waals surface area contributed by atoms with E-state index >= 15 is 0 Å². The molecule has 2 rings (SSSR count). The van der Waals surface area contributed by atoms with Gasteiger partial charge in [-0.15, -0.1) is 0 Å². The molecule has 0 aliphatic rings. The van der Waals surface area contributed by atoms with Crippen LogP contribution in [0.2, 0.25) is 0 Å². The van der Waals surface area contributed by atoms with Crippen LogP contribution >= 0.6 is 0 Å². The zero-order chi connectivity index (χ0) is 17.8. The van der Waals surface area contributed by atoms with Crippen molar-refractivity contribution in [3.05, 3.63) is 59.2 Å². The lowest BCUT2D eigenvalue weighted by Gasteiger charge is -2.20. The Hall–Kier alpha value is -1.96. The Morgan fingerprint density at radius 2 is 1.22 bits per heavy atom. The van der Waals surface area contributed by atoms with Crippen LogP contribution in [0, 0.1) is 6.92 Å². The van der Waals surface area contributed by atoms with Gasteiger partial charge in [0.15, 0.2) is 0 Å². The van der Waals surface area contributed by atoms with E-state index in [1.54, 1.807) is 12.1 Å². The second-order valence-electron chi connectivity index (χ2n) is 8.02. The van der Waals surface area contributed by atoms with Gasteiger partial charge in [-0.3, -0.25) is 0 Å². The molecule has 0 unspecified atom stereocenters. The molecular weight excluding hydrogens is 284 g/mol. The molecule has 23 heavy (non-hydrogen) atoms. The van der Waals surface area contributed by atoms with E-state index < -0.39 is 0 Å². The number of phenols is 2. The van der Waals surface area contributed by atoms with E-state index in [9.17, 15) is 5.11 Å². The molecule has 0 radical (unpaired) electrons. The van der Waals surface area contributed by atoms with Crippen molar-refractivity contribution < 1.29 is 10.2 Å². The highest BCUT2D eigenvalue weighted by Gasteiger charge is 2.18. The predicted octanol–water partition coefficient (Wildman–Crippen LogP) is 5.69. The van der Waals surface area contributed by atoms with E-state index in [4.69, 9.17) is 5.11 Å². The summed E-state index contributed by atoms with van der Waals surface area (Å²) in [5.41, 5.74) is 3.41. The Balaban J connectivity index is 0.000000231. The molecule has 126 valence electrons. The van der Waals surface area contributed by atoms with Crippen LogP contribution in [0.4, 0.5) is 0 Å². The first-order valence-electron chi connectivity index (χ1n) is 8.01. The topological polar surface area (TPSA) is 40.5 Å². The summed E-state index contributed by atoms with van der Waals surface area (Å²) in [6, 6.07) is 13.2. The number of rotatable bonds is 0. The molecule has 0 fully saturated rings. The van der Waals surface area contributed by atoms with Crippen LogP contribution in [-0.2, 0) is 10.8 Å². The summed E-state index contributed by atoms with van der Waals surface area (Å²) in [5, 5.41) is 18.8. The summed E-state index contributed by atoms with van der Waals surface area (Å²) in [6.45, 7) is 14.7. The van der Waals surface area contributed by atoms with Crippen molar-refractivity contribution in [3.8, 4) is 11.5 Å². The smallest absolute Gasteiger partial charge is 0.122 e. The van der Waals surface area contributed by atoms with Crippen molar-refractivity contribution in [2.24, 2.45) is 0 Å². The van der Waals surface area contributed by atoms with Crippen molar-refractivity contribution in [2.75, 3.05) is 0 Å². The third-order valence-corrected chi connectivity index (χ3v) is 3.78. The summed E-state index contributed by atoms with van der Waals surface area (Å²) in [7, 11) is 0. The summed E-state index contributed by atoms with van der Waals surface area (Å²) in [5.74, 6) is 0.767. The van der Waals surface area contributed by atoms with Gasteiger partial charge in [0, 0.05) is 0 Å². The van der Waals surface area contributed by atoms with Crippen LogP contribution in [0.15, 0.2) is 42.5 Å². The molecule has 0 saturated heterocycles. The lowest BCUT2D eigenvalue weighted by Crippen LogP contribution is -2.11. The fourth-order valence-electron chi connectivity index (χ4n) is 2.23. The molecule has 2 aromatic carbocycles. The van der Waals surface area contributed by atoms with E-state index in [0.29, 0.717) is 11.5 Å². The van der Waals surface area contributed by atoms with Crippen molar-refractivity contribution in [1.29, 1.82) is 0 Å². The van der Waals surface area contributed by atoms with Crippen molar-refractivity contribution in [2.45, 2.75) is 59.3 Å². The highest BCUT2D eigenvalue weighted by atomic mass is 16.3. The quantitative estimate of drug-likeness (QED) is 0.656. The van der Waals surface area contributed by atoms with Gasteiger partial charge in [0.25, 0.3) is 0 Å². The van der Waals surface area contributed by atoms with Crippen LogP contribution in [0.1, 0.15) is 58.2 Å². The number of para-hydroxylation sites is 1. The number of phenolic OH excluding ortho intramolecular Hbond substituents is 2. The molecule has 2 N–H and O–H groups in total. The Labute approximate surface area is 140 Å². The predicted molar refractivity (Wildman–Crippen MR) is 98.4 cm³/mol. The van der Waals surface area contributed by atoms with Gasteiger partial charge in [-0.1, -0.05) is 71.9 Å². The van der Waals surface area contributed by atoms with Crippen molar-refractivity contribution in [1.82, 2.24) is 0 Å². The van der Waals surface area contributed by atoms with Gasteiger partial charge < -0.3 is 10.2 Å². The summed E-state index contributed by atoms with van der Waals surface area (Å²) < 4.78 is 0. The zero-order valence-corrected chi connectivity index (χ0v) is 15.4. The Kier molecular flexibility index (Phi) is 5.87. The Morgan fingerprint density at radius 1 is 0.696 bits per heavy atom. The maximum atomic E-state index is 9.73. The van der Waals surface area contributed by atoms with E-state index in [2.05, 4.69) is 41.5 Å². The number of aromatic hydroxyl groups is 2. The number of hydrogen-bond acceptors (Lipinski definition) is 2. The van der Waals surface area contributed by atoms with Gasteiger partial charge in [-0.05, 0) is 46.6 Å². The first kappa shape index (κ1) is 19.1. The first-order chi connectivity index (χ1) is 10.4. The molecule has 2 heteroatoms. The summed E-state index contributed by atoms with van der Waals surface area (Å²) in [4.78, 5) is 0. The minimum atomic E-state index is 0.0239. The molecule has 0 heterocycles. The van der Waals surface area contributed by atoms with Gasteiger partial charge in [-0.25, -0.2) is 0 Å². The average Bonchev–Trinajstić information content (AvgIpc) is 2.41. The maximum absolute atomic E-state index is 9.73. The molecule has 0 spiro atoms. The molecule has 0 aromatic heterocycles. The fraction of sp³-hybridized carbons (Fsp3) is 0.429. The molecular formula is C21H30O2. The third-order valence-electron chi connectivity index (χ3n) is 3.78. The van der Waals surface area contributed by atoms with Crippen LogP contribution in [0.5, 0.6) is 11.5 Å². The number of hydrogen-bond donors (Lipinski definition) is 2. The van der Waals surface area contributed by atoms with E-state index in [1.807, 2.05) is 37.3 Å². The summed E-state index contributed by atoms with van der Waals surface area (Å²) in [6.07, 6.45) is 0. The SMILES string of the molecule is CC(C)(C)c1ccc(O)cc1.Cc1cccc(C(C)(C)C)c1O. The molecule has 0 bridgehead atoms. The van der Waals surface area contributed by atoms with Crippen LogP contribution in [0.25, 0.3) is 0 Å². The molecule has 2 aromatic rings. The molecule has 0 saturated carbocycles. The Bertz CT molecular complexity index is 626. The minimum Gasteiger partial charge on any atom is -0.508 e. The second-order valence-corrected chi connectivity index (χ2v) is 8.02. The number of benzene rings is 2. The molecule has 0 aliphatic heterocycles. The monoisotopic (exact) mass is 314 g/mol. The first-order valence-corrected chi connectivity index (χ1v) is 8.01. The lowest BCUT2D eigenvalue weighted by atomic mass is 9.85. The lowest BCUT2D eigenvalue weighted by molar-refractivity contribution is 0.443. The van der Waals surface area contributed by atoms with Crippen molar-refractivity contribution in [3.63, 3.8) is 0 Å². The van der Waals surface area contributed by atoms with Crippen LogP contribution < -0.4 is 0 Å². The van der Waals surface area contributed by atoms with E-state index in [0.717, 1.165) is 11.1 Å². The van der Waals surface area contributed by atoms with Crippen LogP contribution in [0.3, 0.4) is 0 Å². The van der Waals surface area contributed by atoms with Gasteiger partial charge in [0.1, 0.15) is 11.5 Å². The molecule has 2 nitrogen and oxygen atoms in total.